The molecule has 8 aromatic rings. The summed E-state index contributed by atoms with van der Waals surface area (Å²) in [6, 6.07) is 53.7. The largest absolute Gasteiger partial charge is 0.455 e. The lowest BCUT2D eigenvalue weighted by atomic mass is 9.79. The molecule has 2 aliphatic rings. The number of fused-ring (bicyclic) bond motifs is 9. The second-order valence-corrected chi connectivity index (χ2v) is 16.0. The van der Waals surface area contributed by atoms with Crippen molar-refractivity contribution in [2.75, 3.05) is 0 Å². The van der Waals surface area contributed by atoms with Crippen LogP contribution in [0, 0.1) is 0 Å². The van der Waals surface area contributed by atoms with E-state index in [0.29, 0.717) is 18.2 Å². The molecule has 2 aliphatic carbocycles. The topological polar surface area (TPSA) is 50.2 Å². The summed E-state index contributed by atoms with van der Waals surface area (Å²) in [6.07, 6.45) is 0. The first-order valence-corrected chi connectivity index (χ1v) is 19.3. The average Bonchev–Trinajstić information content (AvgIpc) is 3.81. The first-order chi connectivity index (χ1) is 27.2. The van der Waals surface area contributed by atoms with Gasteiger partial charge in [-0.25, -0.2) is 9.98 Å². The van der Waals surface area contributed by atoms with Crippen LogP contribution < -0.4 is 0 Å². The summed E-state index contributed by atoms with van der Waals surface area (Å²) in [4.78, 5) is 14.7. The van der Waals surface area contributed by atoms with Crippen molar-refractivity contribution in [3.63, 3.8) is 0 Å². The molecule has 0 bridgehead atoms. The van der Waals surface area contributed by atoms with Crippen LogP contribution in [-0.2, 0) is 17.4 Å². The Morgan fingerprint density at radius 2 is 1.21 bits per heavy atom. The molecule has 0 N–H and O–H groups in total. The predicted molar refractivity (Wildman–Crippen MR) is 233 cm³/mol. The van der Waals surface area contributed by atoms with Crippen molar-refractivity contribution in [2.24, 2.45) is 15.0 Å². The highest BCUT2D eigenvalue weighted by atomic mass is 16.3. The molecule has 270 valence electrons. The van der Waals surface area contributed by atoms with Gasteiger partial charge in [0.2, 0.25) is 0 Å². The van der Waals surface area contributed by atoms with Gasteiger partial charge in [0, 0.05) is 27.2 Å². The Labute approximate surface area is 327 Å². The summed E-state index contributed by atoms with van der Waals surface area (Å²) in [5.74, 6) is 1.05. The molecule has 4 nitrogen and oxygen atoms in total. The molecular weight excluding hydrogens is 683 g/mol. The highest BCUT2D eigenvalue weighted by molar-refractivity contribution is 6.19. The Morgan fingerprint density at radius 1 is 0.554 bits per heavy atom. The summed E-state index contributed by atoms with van der Waals surface area (Å²) in [5, 5.41) is 2.07. The van der Waals surface area contributed by atoms with Crippen molar-refractivity contribution in [3.8, 4) is 33.4 Å². The SMILES string of the molecule is C=N/C(=N\C(=N/Cc1ccc2c(c1)C(C)(C)c1ccccc1-2)c1cccc2c1oc1ccc(-c3cccc4c3C(C)(C)c3ccccc3-4)cc12)c1ccccc1. The minimum Gasteiger partial charge on any atom is -0.455 e. The summed E-state index contributed by atoms with van der Waals surface area (Å²) < 4.78 is 6.74. The van der Waals surface area contributed by atoms with Gasteiger partial charge in [0.25, 0.3) is 0 Å². The number of hydrogen-bond acceptors (Lipinski definition) is 2. The molecule has 0 amide bonds. The lowest BCUT2D eigenvalue weighted by Gasteiger charge is -2.24. The molecule has 0 saturated heterocycles. The van der Waals surface area contributed by atoms with Gasteiger partial charge in [-0.3, -0.25) is 4.99 Å². The van der Waals surface area contributed by atoms with Crippen LogP contribution in [0.2, 0.25) is 0 Å². The van der Waals surface area contributed by atoms with Crippen LogP contribution in [0.25, 0.3) is 55.3 Å². The monoisotopic (exact) mass is 723 g/mol. The van der Waals surface area contributed by atoms with E-state index in [1.807, 2.05) is 36.4 Å². The van der Waals surface area contributed by atoms with E-state index in [9.17, 15) is 0 Å². The Morgan fingerprint density at radius 3 is 2.00 bits per heavy atom. The Hall–Kier alpha value is -6.65. The van der Waals surface area contributed by atoms with E-state index < -0.39 is 0 Å². The van der Waals surface area contributed by atoms with Crippen LogP contribution in [0.5, 0.6) is 0 Å². The van der Waals surface area contributed by atoms with Gasteiger partial charge in [-0.05, 0) is 86.1 Å². The van der Waals surface area contributed by atoms with Crippen molar-refractivity contribution >= 4 is 40.3 Å². The van der Waals surface area contributed by atoms with E-state index in [2.05, 4.69) is 155 Å². The number of amidine groups is 2. The van der Waals surface area contributed by atoms with Gasteiger partial charge in [-0.2, -0.15) is 0 Å². The molecule has 0 unspecified atom stereocenters. The number of hydrogen-bond donors (Lipinski definition) is 0. The van der Waals surface area contributed by atoms with Crippen molar-refractivity contribution < 1.29 is 4.42 Å². The van der Waals surface area contributed by atoms with Crippen LogP contribution >= 0.6 is 0 Å². The zero-order valence-corrected chi connectivity index (χ0v) is 32.1. The summed E-state index contributed by atoms with van der Waals surface area (Å²) in [7, 11) is 0. The molecule has 0 atom stereocenters. The third kappa shape index (κ3) is 5.16. The molecule has 1 heterocycles. The number of nitrogens with zero attached hydrogens (tertiary/aromatic N) is 3. The molecule has 0 saturated carbocycles. The van der Waals surface area contributed by atoms with Gasteiger partial charge in [0.1, 0.15) is 11.2 Å². The molecule has 0 radical (unpaired) electrons. The smallest absolute Gasteiger partial charge is 0.161 e. The van der Waals surface area contributed by atoms with Crippen LogP contribution in [-0.4, -0.2) is 18.4 Å². The van der Waals surface area contributed by atoms with Crippen LogP contribution in [0.3, 0.4) is 0 Å². The molecule has 0 fully saturated rings. The van der Waals surface area contributed by atoms with Crippen LogP contribution in [0.15, 0.2) is 171 Å². The molecular formula is C52H41N3O. The highest BCUT2D eigenvalue weighted by Crippen LogP contribution is 2.52. The predicted octanol–water partition coefficient (Wildman–Crippen LogP) is 13.0. The fraction of sp³-hybridized carbons (Fsp3) is 0.135. The normalized spacial score (nSPS) is 15.1. The quantitative estimate of drug-likeness (QED) is 0.129. The Bertz CT molecular complexity index is 2960. The van der Waals surface area contributed by atoms with Crippen LogP contribution in [0.4, 0.5) is 0 Å². The lowest BCUT2D eigenvalue weighted by Crippen LogP contribution is -2.16. The Kier molecular flexibility index (Phi) is 7.69. The minimum absolute atomic E-state index is 0.0991. The maximum absolute atomic E-state index is 6.74. The fourth-order valence-electron chi connectivity index (χ4n) is 9.31. The summed E-state index contributed by atoms with van der Waals surface area (Å²) in [6.45, 7) is 13.6. The number of rotatable bonds is 5. The number of para-hydroxylation sites is 1. The minimum atomic E-state index is -0.124. The Balaban J connectivity index is 1.10. The maximum atomic E-state index is 6.74. The van der Waals surface area contributed by atoms with Gasteiger partial charge < -0.3 is 4.42 Å². The van der Waals surface area contributed by atoms with Crippen molar-refractivity contribution in [1.29, 1.82) is 0 Å². The molecule has 56 heavy (non-hydrogen) atoms. The summed E-state index contributed by atoms with van der Waals surface area (Å²) in [5.41, 5.74) is 17.2. The van der Waals surface area contributed by atoms with Crippen molar-refractivity contribution in [2.45, 2.75) is 45.1 Å². The molecule has 0 aliphatic heterocycles. The van der Waals surface area contributed by atoms with E-state index in [0.717, 1.165) is 38.6 Å². The second kappa shape index (κ2) is 12.7. The summed E-state index contributed by atoms with van der Waals surface area (Å²) >= 11 is 0. The molecule has 0 spiro atoms. The van der Waals surface area contributed by atoms with Crippen LogP contribution in [0.1, 0.15) is 66.6 Å². The van der Waals surface area contributed by atoms with Gasteiger partial charge in [0.15, 0.2) is 11.7 Å². The number of aliphatic imine (C=N–C) groups is 3. The van der Waals surface area contributed by atoms with Gasteiger partial charge in [-0.15, -0.1) is 0 Å². The van der Waals surface area contributed by atoms with E-state index in [4.69, 9.17) is 14.4 Å². The highest BCUT2D eigenvalue weighted by Gasteiger charge is 2.37. The zero-order chi connectivity index (χ0) is 38.2. The first kappa shape index (κ1) is 33.9. The number of benzene rings is 7. The third-order valence-corrected chi connectivity index (χ3v) is 12.1. The lowest BCUT2D eigenvalue weighted by molar-refractivity contribution is 0.659. The van der Waals surface area contributed by atoms with Gasteiger partial charge in [0.05, 0.1) is 12.1 Å². The third-order valence-electron chi connectivity index (χ3n) is 12.1. The van der Waals surface area contributed by atoms with Crippen molar-refractivity contribution in [1.82, 2.24) is 0 Å². The molecule has 1 aromatic heterocycles. The van der Waals surface area contributed by atoms with E-state index in [1.54, 1.807) is 0 Å². The standard InChI is InChI=1S/C52H41N3O/c1-51(2)43-23-11-9-17-36(43)38-27-25-32(29-45(38)51)31-54-50(55-49(53-5)33-15-7-6-8-16-33)41-22-14-21-40-42-30-34(26-28-46(42)56-48(40)41)35-19-13-20-39-37-18-10-12-24-44(37)52(3,4)47(35)39/h6-30H,5,31H2,1-4H3/b54-50-,55-49-. The first-order valence-electron chi connectivity index (χ1n) is 19.3. The number of furan rings is 1. The molecule has 10 rings (SSSR count). The second-order valence-electron chi connectivity index (χ2n) is 16.0. The van der Waals surface area contributed by atoms with E-state index in [1.165, 1.54) is 55.6 Å². The molecule has 7 aromatic carbocycles. The maximum Gasteiger partial charge on any atom is 0.161 e. The average molecular weight is 724 g/mol. The van der Waals surface area contributed by atoms with Gasteiger partial charge in [-0.1, -0.05) is 161 Å². The van der Waals surface area contributed by atoms with Gasteiger partial charge >= 0.3 is 0 Å². The van der Waals surface area contributed by atoms with Crippen molar-refractivity contribution in [3.05, 3.63) is 191 Å². The fourth-order valence-corrected chi connectivity index (χ4v) is 9.31. The van der Waals surface area contributed by atoms with E-state index >= 15 is 0 Å². The zero-order valence-electron chi connectivity index (χ0n) is 32.1. The molecule has 4 heteroatoms. The van der Waals surface area contributed by atoms with E-state index in [-0.39, 0.29) is 10.8 Å².